The van der Waals surface area contributed by atoms with Crippen molar-refractivity contribution in [3.63, 3.8) is 0 Å². The molecule has 19 heavy (non-hydrogen) atoms. The maximum Gasteiger partial charge on any atom is 0.00956 e. The maximum atomic E-state index is 2.77. The summed E-state index contributed by atoms with van der Waals surface area (Å²) in [5.74, 6) is 0. The van der Waals surface area contributed by atoms with Crippen LogP contribution in [0.4, 0.5) is 0 Å². The van der Waals surface area contributed by atoms with Crippen LogP contribution in [0.2, 0.25) is 0 Å². The van der Waals surface area contributed by atoms with Crippen molar-refractivity contribution in [3.05, 3.63) is 0 Å². The third-order valence-electron chi connectivity index (χ3n) is 4.67. The molecule has 1 heterocycles. The normalized spacial score (nSPS) is 20.2. The van der Waals surface area contributed by atoms with E-state index in [4.69, 9.17) is 0 Å². The molecule has 0 saturated carbocycles. The van der Waals surface area contributed by atoms with Crippen molar-refractivity contribution in [1.29, 1.82) is 0 Å². The molecule has 0 radical (unpaired) electrons. The predicted molar refractivity (Wildman–Crippen MR) is 86.7 cm³/mol. The molecule has 0 N–H and O–H groups in total. The van der Waals surface area contributed by atoms with Gasteiger partial charge in [-0.15, -0.1) is 0 Å². The third kappa shape index (κ3) is 7.97. The van der Waals surface area contributed by atoms with E-state index in [0.29, 0.717) is 0 Å². The molecule has 1 heteroatoms. The van der Waals surface area contributed by atoms with E-state index in [1.807, 2.05) is 0 Å². The van der Waals surface area contributed by atoms with E-state index in [-0.39, 0.29) is 0 Å². The standard InChI is InChI=1S/C18H37N/c1-3-5-6-7-8-9-10-11-12-16-19-17-13-15-18(19)14-4-2/h18H,3-17H2,1-2H3. The monoisotopic (exact) mass is 267 g/mol. The third-order valence-corrected chi connectivity index (χ3v) is 4.67. The minimum Gasteiger partial charge on any atom is -0.300 e. The topological polar surface area (TPSA) is 3.24 Å². The van der Waals surface area contributed by atoms with Gasteiger partial charge in [-0.3, -0.25) is 0 Å². The Balaban J connectivity index is 1.87. The first-order valence-corrected chi connectivity index (χ1v) is 9.12. The van der Waals surface area contributed by atoms with E-state index in [1.165, 1.54) is 96.6 Å². The highest BCUT2D eigenvalue weighted by atomic mass is 15.2. The van der Waals surface area contributed by atoms with Crippen LogP contribution < -0.4 is 0 Å². The van der Waals surface area contributed by atoms with E-state index in [1.54, 1.807) is 0 Å². The highest BCUT2D eigenvalue weighted by Crippen LogP contribution is 2.21. The van der Waals surface area contributed by atoms with E-state index < -0.39 is 0 Å². The molecule has 1 unspecified atom stereocenters. The van der Waals surface area contributed by atoms with Gasteiger partial charge in [-0.25, -0.2) is 0 Å². The van der Waals surface area contributed by atoms with Crippen LogP contribution >= 0.6 is 0 Å². The van der Waals surface area contributed by atoms with Crippen LogP contribution in [0.25, 0.3) is 0 Å². The van der Waals surface area contributed by atoms with Crippen LogP contribution in [0, 0.1) is 0 Å². The molecule has 0 aromatic rings. The van der Waals surface area contributed by atoms with Gasteiger partial charge in [-0.1, -0.05) is 71.6 Å². The average molecular weight is 268 g/mol. The summed E-state index contributed by atoms with van der Waals surface area (Å²) < 4.78 is 0. The Hall–Kier alpha value is -0.0400. The highest BCUT2D eigenvalue weighted by molar-refractivity contribution is 4.78. The number of unbranched alkanes of at least 4 members (excludes halogenated alkanes) is 8. The van der Waals surface area contributed by atoms with Crippen LogP contribution in [0.1, 0.15) is 97.3 Å². The van der Waals surface area contributed by atoms with Crippen molar-refractivity contribution in [3.8, 4) is 0 Å². The maximum absolute atomic E-state index is 2.77. The molecule has 1 aliphatic rings. The van der Waals surface area contributed by atoms with Gasteiger partial charge in [0, 0.05) is 6.04 Å². The molecule has 1 saturated heterocycles. The summed E-state index contributed by atoms with van der Waals surface area (Å²) >= 11 is 0. The lowest BCUT2D eigenvalue weighted by Crippen LogP contribution is -2.30. The van der Waals surface area contributed by atoms with E-state index in [9.17, 15) is 0 Å². The minimum absolute atomic E-state index is 0.930. The zero-order valence-electron chi connectivity index (χ0n) is 13.6. The number of rotatable bonds is 12. The Bertz CT molecular complexity index is 190. The van der Waals surface area contributed by atoms with E-state index >= 15 is 0 Å². The molecule has 1 rings (SSSR count). The number of hydrogen-bond donors (Lipinski definition) is 0. The second kappa shape index (κ2) is 11.8. The predicted octanol–water partition coefficient (Wildman–Crippen LogP) is 5.78. The average Bonchev–Trinajstić information content (AvgIpc) is 2.85. The lowest BCUT2D eigenvalue weighted by molar-refractivity contribution is 0.236. The van der Waals surface area contributed by atoms with Gasteiger partial charge in [-0.05, 0) is 38.8 Å². The van der Waals surface area contributed by atoms with Crippen LogP contribution in [0.15, 0.2) is 0 Å². The van der Waals surface area contributed by atoms with Gasteiger partial charge in [0.1, 0.15) is 0 Å². The molecule has 1 aliphatic heterocycles. The van der Waals surface area contributed by atoms with Gasteiger partial charge in [0.15, 0.2) is 0 Å². The first-order chi connectivity index (χ1) is 9.38. The molecule has 0 aromatic heterocycles. The van der Waals surface area contributed by atoms with E-state index in [2.05, 4.69) is 18.7 Å². The summed E-state index contributed by atoms with van der Waals surface area (Å²) in [6.45, 7) is 7.38. The second-order valence-corrected chi connectivity index (χ2v) is 6.45. The van der Waals surface area contributed by atoms with Crippen molar-refractivity contribution >= 4 is 0 Å². The second-order valence-electron chi connectivity index (χ2n) is 6.45. The van der Waals surface area contributed by atoms with E-state index in [0.717, 1.165) is 6.04 Å². The van der Waals surface area contributed by atoms with Crippen molar-refractivity contribution in [1.82, 2.24) is 4.90 Å². The van der Waals surface area contributed by atoms with Gasteiger partial charge in [-0.2, -0.15) is 0 Å². The van der Waals surface area contributed by atoms with Crippen LogP contribution in [0.5, 0.6) is 0 Å². The number of nitrogens with zero attached hydrogens (tertiary/aromatic N) is 1. The molecule has 1 nitrogen and oxygen atoms in total. The zero-order chi connectivity index (χ0) is 13.8. The number of likely N-dealkylation sites (tertiary alicyclic amines) is 1. The summed E-state index contributed by atoms with van der Waals surface area (Å²) in [6.07, 6.45) is 18.8. The zero-order valence-corrected chi connectivity index (χ0v) is 13.6. The fourth-order valence-corrected chi connectivity index (χ4v) is 3.48. The first-order valence-electron chi connectivity index (χ1n) is 9.12. The molecule has 114 valence electrons. The van der Waals surface area contributed by atoms with Crippen molar-refractivity contribution < 1.29 is 0 Å². The Morgan fingerprint density at radius 2 is 1.42 bits per heavy atom. The smallest absolute Gasteiger partial charge is 0.00956 e. The van der Waals surface area contributed by atoms with Gasteiger partial charge in [0.2, 0.25) is 0 Å². The molecule has 0 aliphatic carbocycles. The molecule has 1 atom stereocenters. The molecule has 0 aromatic carbocycles. The summed E-state index contributed by atoms with van der Waals surface area (Å²) in [7, 11) is 0. The SMILES string of the molecule is CCCCCCCCCCCN1CCCC1CCC. The molecular formula is C18H37N. The first kappa shape index (κ1) is 17.0. The summed E-state index contributed by atoms with van der Waals surface area (Å²) in [5.41, 5.74) is 0. The lowest BCUT2D eigenvalue weighted by Gasteiger charge is -2.23. The van der Waals surface area contributed by atoms with Gasteiger partial charge < -0.3 is 4.90 Å². The molecular weight excluding hydrogens is 230 g/mol. The molecule has 0 bridgehead atoms. The Morgan fingerprint density at radius 3 is 2.05 bits per heavy atom. The van der Waals surface area contributed by atoms with Crippen LogP contribution in [0.3, 0.4) is 0 Å². The Kier molecular flexibility index (Phi) is 10.5. The van der Waals surface area contributed by atoms with Crippen molar-refractivity contribution in [2.24, 2.45) is 0 Å². The quantitative estimate of drug-likeness (QED) is 0.405. The molecule has 1 fully saturated rings. The van der Waals surface area contributed by atoms with Crippen LogP contribution in [-0.4, -0.2) is 24.0 Å². The number of hydrogen-bond acceptors (Lipinski definition) is 1. The van der Waals surface area contributed by atoms with Gasteiger partial charge >= 0.3 is 0 Å². The Morgan fingerprint density at radius 1 is 0.789 bits per heavy atom. The van der Waals surface area contributed by atoms with Gasteiger partial charge in [0.25, 0.3) is 0 Å². The summed E-state index contributed by atoms with van der Waals surface area (Å²) in [4.78, 5) is 2.77. The fourth-order valence-electron chi connectivity index (χ4n) is 3.48. The molecule has 0 spiro atoms. The van der Waals surface area contributed by atoms with Crippen LogP contribution in [-0.2, 0) is 0 Å². The van der Waals surface area contributed by atoms with Crippen molar-refractivity contribution in [2.45, 2.75) is 103 Å². The van der Waals surface area contributed by atoms with Crippen molar-refractivity contribution in [2.75, 3.05) is 13.1 Å². The minimum atomic E-state index is 0.930. The Labute approximate surface area is 122 Å². The summed E-state index contributed by atoms with van der Waals surface area (Å²) in [6, 6.07) is 0.930. The fraction of sp³-hybridized carbons (Fsp3) is 1.00. The summed E-state index contributed by atoms with van der Waals surface area (Å²) in [5, 5.41) is 0. The lowest BCUT2D eigenvalue weighted by atomic mass is 10.1. The molecule has 0 amide bonds. The van der Waals surface area contributed by atoms with Gasteiger partial charge in [0.05, 0.1) is 0 Å². The largest absolute Gasteiger partial charge is 0.300 e. The highest BCUT2D eigenvalue weighted by Gasteiger charge is 2.22.